The molecule has 6 nitrogen and oxygen atoms in total. The molecule has 3 rings (SSSR count). The molecule has 1 saturated heterocycles. The van der Waals surface area contributed by atoms with Gasteiger partial charge in [0.25, 0.3) is 0 Å². The summed E-state index contributed by atoms with van der Waals surface area (Å²) in [6, 6.07) is 12.5. The lowest BCUT2D eigenvalue weighted by molar-refractivity contribution is -0.129. The van der Waals surface area contributed by atoms with Crippen LogP contribution >= 0.6 is 0 Å². The fraction of sp³-hybridized carbons (Fsp3) is 0.458. The summed E-state index contributed by atoms with van der Waals surface area (Å²) < 4.78 is 25.7. The Kier molecular flexibility index (Phi) is 8.01. The number of rotatable bonds is 8. The Bertz CT molecular complexity index is 886. The van der Waals surface area contributed by atoms with Gasteiger partial charge in [-0.1, -0.05) is 43.3 Å². The minimum atomic E-state index is -1.44. The molecule has 2 aromatic rings. The van der Waals surface area contributed by atoms with Crippen molar-refractivity contribution < 1.29 is 23.8 Å². The molecule has 2 aromatic carbocycles. The number of aliphatic hydroxyl groups is 1. The summed E-state index contributed by atoms with van der Waals surface area (Å²) in [7, 11) is 1.30. The Hall–Kier alpha value is -2.48. The van der Waals surface area contributed by atoms with Crippen molar-refractivity contribution in [3.05, 3.63) is 59.4 Å². The van der Waals surface area contributed by atoms with Gasteiger partial charge in [-0.15, -0.1) is 0 Å². The van der Waals surface area contributed by atoms with Gasteiger partial charge in [-0.25, -0.2) is 9.18 Å². The van der Waals surface area contributed by atoms with Crippen molar-refractivity contribution in [2.75, 3.05) is 33.4 Å². The number of carbonyl (C=O) groups is 1. The molecule has 1 amide bonds. The third kappa shape index (κ3) is 5.42. The number of hydrogen-bond acceptors (Lipinski definition) is 5. The van der Waals surface area contributed by atoms with E-state index in [9.17, 15) is 9.90 Å². The average molecular weight is 431 g/mol. The molecule has 1 aliphatic heterocycles. The van der Waals surface area contributed by atoms with E-state index in [0.29, 0.717) is 43.8 Å². The molecule has 2 atom stereocenters. The number of benzene rings is 2. The zero-order chi connectivity index (χ0) is 22.3. The van der Waals surface area contributed by atoms with E-state index in [2.05, 4.69) is 15.4 Å². The summed E-state index contributed by atoms with van der Waals surface area (Å²) in [5.41, 5.74) is 1.25. The number of methoxy groups -OCH3 is 1. The fourth-order valence-electron chi connectivity index (χ4n) is 4.09. The van der Waals surface area contributed by atoms with E-state index in [1.54, 1.807) is 12.1 Å². The van der Waals surface area contributed by atoms with Crippen molar-refractivity contribution in [2.24, 2.45) is 0 Å². The molecule has 31 heavy (non-hydrogen) atoms. The SMILES string of the molecule is CCc1cccc(-c2c(F)cccc2[C@](O)(CCCNC(=O)OC)[C@H]2CNCCO2)c1. The standard InChI is InChI=1S/C24H31FN2O4/c1-3-17-7-4-8-18(15-17)22-19(9-5-10-20(22)25)24(29,21-16-26-13-14-31-21)11-6-12-27-23(28)30-2/h4-5,7-10,15,21,26,29H,3,6,11-14,16H2,1-2H3,(H,27,28)/t21-,24-/m1/s1. The zero-order valence-electron chi connectivity index (χ0n) is 18.1. The highest BCUT2D eigenvalue weighted by Crippen LogP contribution is 2.40. The first-order valence-corrected chi connectivity index (χ1v) is 10.7. The lowest BCUT2D eigenvalue weighted by Crippen LogP contribution is -2.52. The quantitative estimate of drug-likeness (QED) is 0.560. The van der Waals surface area contributed by atoms with Gasteiger partial charge < -0.3 is 25.2 Å². The lowest BCUT2D eigenvalue weighted by atomic mass is 9.79. The monoisotopic (exact) mass is 430 g/mol. The topological polar surface area (TPSA) is 79.8 Å². The number of carbonyl (C=O) groups excluding carboxylic acids is 1. The summed E-state index contributed by atoms with van der Waals surface area (Å²) in [6.45, 7) is 3.99. The Morgan fingerprint density at radius 2 is 2.16 bits per heavy atom. The summed E-state index contributed by atoms with van der Waals surface area (Å²) in [5, 5.41) is 17.8. The molecule has 0 bridgehead atoms. The Labute approximate surface area is 182 Å². The summed E-state index contributed by atoms with van der Waals surface area (Å²) in [6.07, 6.45) is 0.511. The van der Waals surface area contributed by atoms with E-state index in [4.69, 9.17) is 4.74 Å². The first-order chi connectivity index (χ1) is 15.0. The number of halogens is 1. The predicted octanol–water partition coefficient (Wildman–Crippen LogP) is 3.37. The fourth-order valence-corrected chi connectivity index (χ4v) is 4.09. The van der Waals surface area contributed by atoms with Gasteiger partial charge in [-0.05, 0) is 42.0 Å². The van der Waals surface area contributed by atoms with Gasteiger partial charge in [0, 0.05) is 25.2 Å². The Morgan fingerprint density at radius 3 is 2.87 bits per heavy atom. The van der Waals surface area contributed by atoms with Gasteiger partial charge in [0.2, 0.25) is 0 Å². The molecule has 0 aliphatic carbocycles. The van der Waals surface area contributed by atoms with E-state index in [1.807, 2.05) is 31.2 Å². The third-order valence-corrected chi connectivity index (χ3v) is 5.75. The van der Waals surface area contributed by atoms with Crippen LogP contribution in [0.5, 0.6) is 0 Å². The molecule has 168 valence electrons. The molecule has 0 unspecified atom stereocenters. The number of ether oxygens (including phenoxy) is 2. The smallest absolute Gasteiger partial charge is 0.406 e. The second-order valence-electron chi connectivity index (χ2n) is 7.73. The first-order valence-electron chi connectivity index (χ1n) is 10.7. The van der Waals surface area contributed by atoms with Gasteiger partial charge in [0.05, 0.1) is 13.7 Å². The molecule has 1 aliphatic rings. The molecule has 0 saturated carbocycles. The highest BCUT2D eigenvalue weighted by molar-refractivity contribution is 5.70. The van der Waals surface area contributed by atoms with Crippen LogP contribution in [0.15, 0.2) is 42.5 Å². The van der Waals surface area contributed by atoms with Crippen LogP contribution in [-0.2, 0) is 21.5 Å². The highest BCUT2D eigenvalue weighted by atomic mass is 19.1. The third-order valence-electron chi connectivity index (χ3n) is 5.75. The predicted molar refractivity (Wildman–Crippen MR) is 117 cm³/mol. The largest absolute Gasteiger partial charge is 0.453 e. The summed E-state index contributed by atoms with van der Waals surface area (Å²) >= 11 is 0. The van der Waals surface area contributed by atoms with Crippen LogP contribution in [-0.4, -0.2) is 50.7 Å². The zero-order valence-corrected chi connectivity index (χ0v) is 18.1. The minimum absolute atomic E-state index is 0.285. The Balaban J connectivity index is 2.00. The molecule has 1 fully saturated rings. The summed E-state index contributed by atoms with van der Waals surface area (Å²) in [4.78, 5) is 11.4. The van der Waals surface area contributed by atoms with Crippen molar-refractivity contribution in [1.82, 2.24) is 10.6 Å². The van der Waals surface area contributed by atoms with Crippen molar-refractivity contribution in [2.45, 2.75) is 37.9 Å². The normalized spacial score (nSPS) is 18.3. The number of aryl methyl sites for hydroxylation is 1. The van der Waals surface area contributed by atoms with Crippen LogP contribution < -0.4 is 10.6 Å². The summed E-state index contributed by atoms with van der Waals surface area (Å²) in [5.74, 6) is -0.388. The number of alkyl carbamates (subject to hydrolysis) is 1. The van der Waals surface area contributed by atoms with Gasteiger partial charge in [0.1, 0.15) is 17.5 Å². The maximum atomic E-state index is 15.2. The molecule has 7 heteroatoms. The highest BCUT2D eigenvalue weighted by Gasteiger charge is 2.42. The molecule has 1 heterocycles. The van der Waals surface area contributed by atoms with Crippen molar-refractivity contribution in [1.29, 1.82) is 0 Å². The van der Waals surface area contributed by atoms with Crippen LogP contribution in [0.25, 0.3) is 11.1 Å². The maximum absolute atomic E-state index is 15.2. The van der Waals surface area contributed by atoms with Gasteiger partial charge in [-0.3, -0.25) is 0 Å². The van der Waals surface area contributed by atoms with Crippen LogP contribution in [0.4, 0.5) is 9.18 Å². The lowest BCUT2D eigenvalue weighted by Gasteiger charge is -2.40. The van der Waals surface area contributed by atoms with Crippen LogP contribution in [0.3, 0.4) is 0 Å². The Morgan fingerprint density at radius 1 is 1.35 bits per heavy atom. The number of amides is 1. The van der Waals surface area contributed by atoms with E-state index in [-0.39, 0.29) is 12.2 Å². The molecule has 0 radical (unpaired) electrons. The molecule has 0 spiro atoms. The number of hydrogen-bond donors (Lipinski definition) is 3. The van der Waals surface area contributed by atoms with E-state index < -0.39 is 17.8 Å². The van der Waals surface area contributed by atoms with Gasteiger partial charge >= 0.3 is 6.09 Å². The first kappa shape index (κ1) is 23.2. The molecule has 3 N–H and O–H groups in total. The van der Waals surface area contributed by atoms with Crippen molar-refractivity contribution in [3.8, 4) is 11.1 Å². The maximum Gasteiger partial charge on any atom is 0.406 e. The second-order valence-corrected chi connectivity index (χ2v) is 7.73. The molecule has 0 aromatic heterocycles. The van der Waals surface area contributed by atoms with Crippen molar-refractivity contribution in [3.63, 3.8) is 0 Å². The molecular weight excluding hydrogens is 399 g/mol. The van der Waals surface area contributed by atoms with E-state index >= 15 is 4.39 Å². The average Bonchev–Trinajstić information content (AvgIpc) is 2.81. The van der Waals surface area contributed by atoms with E-state index in [0.717, 1.165) is 17.5 Å². The number of morpholine rings is 1. The van der Waals surface area contributed by atoms with Crippen molar-refractivity contribution >= 4 is 6.09 Å². The van der Waals surface area contributed by atoms with Gasteiger partial charge in [0.15, 0.2) is 0 Å². The van der Waals surface area contributed by atoms with Crippen LogP contribution in [0.2, 0.25) is 0 Å². The van der Waals surface area contributed by atoms with Crippen LogP contribution in [0, 0.1) is 5.82 Å². The second kappa shape index (κ2) is 10.7. The van der Waals surface area contributed by atoms with E-state index in [1.165, 1.54) is 13.2 Å². The van der Waals surface area contributed by atoms with Crippen LogP contribution in [0.1, 0.15) is 30.9 Å². The number of nitrogens with one attached hydrogen (secondary N) is 2. The minimum Gasteiger partial charge on any atom is -0.453 e. The van der Waals surface area contributed by atoms with Gasteiger partial charge in [-0.2, -0.15) is 0 Å². The molecular formula is C24H31FN2O4.